The van der Waals surface area contributed by atoms with Crippen LogP contribution in [0.15, 0.2) is 54.6 Å². The Morgan fingerprint density at radius 1 is 1.12 bits per heavy atom. The predicted molar refractivity (Wildman–Crippen MR) is 97.7 cm³/mol. The molecule has 130 valence electrons. The summed E-state index contributed by atoms with van der Waals surface area (Å²) in [4.78, 5) is 12.2. The molecular weight excluding hydrogens is 326 g/mol. The first-order chi connectivity index (χ1) is 12.6. The van der Waals surface area contributed by atoms with Crippen LogP contribution in [0.25, 0.3) is 5.69 Å². The van der Waals surface area contributed by atoms with E-state index in [1.54, 1.807) is 11.6 Å². The Morgan fingerprint density at radius 2 is 1.81 bits per heavy atom. The van der Waals surface area contributed by atoms with Gasteiger partial charge in [-0.2, -0.15) is 10.4 Å². The van der Waals surface area contributed by atoms with Crippen molar-refractivity contribution in [1.82, 2.24) is 9.78 Å². The van der Waals surface area contributed by atoms with Crippen LogP contribution in [-0.2, 0) is 22.6 Å². The molecule has 0 radical (unpaired) electrons. The maximum absolute atomic E-state index is 12.2. The number of nitriles is 1. The molecule has 0 atom stereocenters. The second kappa shape index (κ2) is 7.66. The maximum atomic E-state index is 12.2. The first-order valence-electron chi connectivity index (χ1n) is 8.33. The average Bonchev–Trinajstić information content (AvgIpc) is 2.98. The van der Waals surface area contributed by atoms with Crippen molar-refractivity contribution in [3.8, 4) is 11.8 Å². The largest absolute Gasteiger partial charge is 0.459 e. The molecule has 0 saturated heterocycles. The highest BCUT2D eigenvalue weighted by atomic mass is 16.5. The molecule has 0 unspecified atom stereocenters. The third-order valence-electron chi connectivity index (χ3n) is 4.11. The van der Waals surface area contributed by atoms with Crippen LogP contribution >= 0.6 is 0 Å². The van der Waals surface area contributed by atoms with Crippen LogP contribution in [-0.4, -0.2) is 15.7 Å². The minimum atomic E-state index is -0.337. The number of benzene rings is 2. The van der Waals surface area contributed by atoms with E-state index < -0.39 is 0 Å². The standard InChI is InChI=1S/C21H19N3O2/c1-15-8-10-17(11-9-15)12-21(25)26-14-20-19(13-22)16(2)23-24(20)18-6-4-3-5-7-18/h3-11H,12,14H2,1-2H3. The third-order valence-corrected chi connectivity index (χ3v) is 4.11. The number of carbonyl (C=O) groups is 1. The van der Waals surface area contributed by atoms with E-state index >= 15 is 0 Å². The van der Waals surface area contributed by atoms with Gasteiger partial charge in [0.1, 0.15) is 18.2 Å². The Bertz CT molecular complexity index is 951. The number of hydrogen-bond acceptors (Lipinski definition) is 4. The zero-order valence-electron chi connectivity index (χ0n) is 14.8. The van der Waals surface area contributed by atoms with Gasteiger partial charge in [0, 0.05) is 0 Å². The van der Waals surface area contributed by atoms with Crippen LogP contribution in [0.3, 0.4) is 0 Å². The summed E-state index contributed by atoms with van der Waals surface area (Å²) in [7, 11) is 0. The number of para-hydroxylation sites is 1. The average molecular weight is 345 g/mol. The molecule has 3 aromatic rings. The number of hydrogen-bond donors (Lipinski definition) is 0. The quantitative estimate of drug-likeness (QED) is 0.662. The smallest absolute Gasteiger partial charge is 0.310 e. The summed E-state index contributed by atoms with van der Waals surface area (Å²) in [6.07, 6.45) is 0.195. The van der Waals surface area contributed by atoms with Crippen molar-refractivity contribution >= 4 is 5.97 Å². The topological polar surface area (TPSA) is 67.9 Å². The number of aromatic nitrogens is 2. The van der Waals surface area contributed by atoms with Gasteiger partial charge < -0.3 is 4.74 Å². The van der Waals surface area contributed by atoms with Crippen LogP contribution in [0.5, 0.6) is 0 Å². The summed E-state index contributed by atoms with van der Waals surface area (Å²) in [5, 5.41) is 13.9. The van der Waals surface area contributed by atoms with Crippen LogP contribution in [0, 0.1) is 25.2 Å². The molecule has 5 nitrogen and oxygen atoms in total. The van der Waals surface area contributed by atoms with Crippen molar-refractivity contribution < 1.29 is 9.53 Å². The molecule has 3 rings (SSSR count). The zero-order valence-corrected chi connectivity index (χ0v) is 14.8. The predicted octanol–water partition coefficient (Wildman–Crippen LogP) is 3.65. The van der Waals surface area contributed by atoms with Crippen molar-refractivity contribution in [3.63, 3.8) is 0 Å². The van der Waals surface area contributed by atoms with Gasteiger partial charge in [-0.15, -0.1) is 0 Å². The second-order valence-electron chi connectivity index (χ2n) is 6.09. The van der Waals surface area contributed by atoms with Crippen molar-refractivity contribution in [2.24, 2.45) is 0 Å². The van der Waals surface area contributed by atoms with Gasteiger partial charge in [0.25, 0.3) is 0 Å². The van der Waals surface area contributed by atoms with E-state index in [0.717, 1.165) is 16.8 Å². The highest BCUT2D eigenvalue weighted by Gasteiger charge is 2.18. The number of esters is 1. The molecule has 0 spiro atoms. The Kier molecular flexibility index (Phi) is 5.14. The molecular formula is C21H19N3O2. The molecule has 1 aromatic heterocycles. The number of aryl methyl sites for hydroxylation is 2. The van der Waals surface area contributed by atoms with Crippen LogP contribution < -0.4 is 0 Å². The Balaban J connectivity index is 1.78. The van der Waals surface area contributed by atoms with Gasteiger partial charge in [-0.25, -0.2) is 4.68 Å². The number of nitrogens with zero attached hydrogens (tertiary/aromatic N) is 3. The molecule has 0 aliphatic heterocycles. The fourth-order valence-electron chi connectivity index (χ4n) is 2.71. The first kappa shape index (κ1) is 17.4. The van der Waals surface area contributed by atoms with E-state index in [-0.39, 0.29) is 19.0 Å². The van der Waals surface area contributed by atoms with Crippen molar-refractivity contribution in [1.29, 1.82) is 5.26 Å². The van der Waals surface area contributed by atoms with E-state index in [4.69, 9.17) is 4.74 Å². The lowest BCUT2D eigenvalue weighted by atomic mass is 10.1. The minimum absolute atomic E-state index is 0.00330. The highest BCUT2D eigenvalue weighted by Crippen LogP contribution is 2.19. The van der Waals surface area contributed by atoms with E-state index in [2.05, 4.69) is 11.2 Å². The monoisotopic (exact) mass is 345 g/mol. The van der Waals surface area contributed by atoms with E-state index in [0.29, 0.717) is 17.0 Å². The van der Waals surface area contributed by atoms with Crippen molar-refractivity contribution in [2.75, 3.05) is 0 Å². The van der Waals surface area contributed by atoms with Crippen LogP contribution in [0.4, 0.5) is 0 Å². The molecule has 1 heterocycles. The SMILES string of the molecule is Cc1ccc(CC(=O)OCc2c(C#N)c(C)nn2-c2ccccc2)cc1. The summed E-state index contributed by atoms with van der Waals surface area (Å²) in [5.74, 6) is -0.337. The maximum Gasteiger partial charge on any atom is 0.310 e. The lowest BCUT2D eigenvalue weighted by Crippen LogP contribution is -2.11. The molecule has 0 bridgehead atoms. The first-order valence-corrected chi connectivity index (χ1v) is 8.33. The van der Waals surface area contributed by atoms with Gasteiger partial charge in [0.15, 0.2) is 0 Å². The van der Waals surface area contributed by atoms with E-state index in [9.17, 15) is 10.1 Å². The van der Waals surface area contributed by atoms with Crippen molar-refractivity contribution in [2.45, 2.75) is 26.9 Å². The van der Waals surface area contributed by atoms with Gasteiger partial charge >= 0.3 is 5.97 Å². The number of rotatable bonds is 5. The molecule has 0 aliphatic carbocycles. The highest BCUT2D eigenvalue weighted by molar-refractivity contribution is 5.72. The van der Waals surface area contributed by atoms with Gasteiger partial charge in [0.05, 0.1) is 23.5 Å². The molecule has 2 aromatic carbocycles. The van der Waals surface area contributed by atoms with Crippen LogP contribution in [0.2, 0.25) is 0 Å². The van der Waals surface area contributed by atoms with Crippen molar-refractivity contribution in [3.05, 3.63) is 82.7 Å². The van der Waals surface area contributed by atoms with Gasteiger partial charge in [-0.3, -0.25) is 4.79 Å². The summed E-state index contributed by atoms with van der Waals surface area (Å²) in [5.41, 5.74) is 4.49. The second-order valence-corrected chi connectivity index (χ2v) is 6.09. The minimum Gasteiger partial charge on any atom is -0.459 e. The summed E-state index contributed by atoms with van der Waals surface area (Å²) in [6.45, 7) is 3.78. The summed E-state index contributed by atoms with van der Waals surface area (Å²) < 4.78 is 7.09. The van der Waals surface area contributed by atoms with Crippen LogP contribution in [0.1, 0.15) is 28.1 Å². The molecule has 5 heteroatoms. The molecule has 0 N–H and O–H groups in total. The lowest BCUT2D eigenvalue weighted by molar-refractivity contribution is -0.144. The third kappa shape index (κ3) is 3.81. The molecule has 0 saturated carbocycles. The fourth-order valence-corrected chi connectivity index (χ4v) is 2.71. The molecule has 26 heavy (non-hydrogen) atoms. The normalized spacial score (nSPS) is 10.3. The zero-order chi connectivity index (χ0) is 18.5. The molecule has 0 fully saturated rings. The Morgan fingerprint density at radius 3 is 2.46 bits per heavy atom. The van der Waals surface area contributed by atoms with Gasteiger partial charge in [0.2, 0.25) is 0 Å². The lowest BCUT2D eigenvalue weighted by Gasteiger charge is -2.09. The number of carbonyl (C=O) groups excluding carboxylic acids is 1. The van der Waals surface area contributed by atoms with Gasteiger partial charge in [-0.1, -0.05) is 48.0 Å². The van der Waals surface area contributed by atoms with E-state index in [1.165, 1.54) is 0 Å². The summed E-state index contributed by atoms with van der Waals surface area (Å²) >= 11 is 0. The van der Waals surface area contributed by atoms with Gasteiger partial charge in [-0.05, 0) is 31.5 Å². The fraction of sp³-hybridized carbons (Fsp3) is 0.190. The molecule has 0 amide bonds. The Hall–Kier alpha value is -3.39. The number of ether oxygens (including phenoxy) is 1. The van der Waals surface area contributed by atoms with E-state index in [1.807, 2.05) is 61.5 Å². The Labute approximate surface area is 152 Å². The molecule has 0 aliphatic rings. The summed E-state index contributed by atoms with van der Waals surface area (Å²) in [6, 6.07) is 19.4.